The zero-order chi connectivity index (χ0) is 14.9. The maximum atomic E-state index is 12.0. The molecule has 0 aliphatic heterocycles. The Balaban J connectivity index is 1.77. The third-order valence-corrected chi connectivity index (χ3v) is 2.86. The van der Waals surface area contributed by atoms with Crippen molar-refractivity contribution in [2.45, 2.75) is 26.3 Å². The lowest BCUT2D eigenvalue weighted by Gasteiger charge is -2.07. The number of amides is 1. The summed E-state index contributed by atoms with van der Waals surface area (Å²) < 4.78 is 1.74. The molecule has 2 N–H and O–H groups in total. The first-order valence-electron chi connectivity index (χ1n) is 7.13. The summed E-state index contributed by atoms with van der Waals surface area (Å²) in [6, 6.07) is 5.40. The van der Waals surface area contributed by atoms with Gasteiger partial charge < -0.3 is 10.6 Å². The van der Waals surface area contributed by atoms with Crippen molar-refractivity contribution in [1.82, 2.24) is 25.3 Å². The maximum absolute atomic E-state index is 12.0. The van der Waals surface area contributed by atoms with E-state index in [0.29, 0.717) is 12.2 Å². The molecule has 0 saturated carbocycles. The van der Waals surface area contributed by atoms with Gasteiger partial charge in [0.2, 0.25) is 0 Å². The quantitative estimate of drug-likeness (QED) is 0.716. The maximum Gasteiger partial charge on any atom is 0.269 e. The van der Waals surface area contributed by atoms with Gasteiger partial charge in [0.25, 0.3) is 5.91 Å². The van der Waals surface area contributed by atoms with Crippen LogP contribution in [0.15, 0.2) is 30.6 Å². The van der Waals surface area contributed by atoms with Gasteiger partial charge in [-0.05, 0) is 25.0 Å². The molecule has 2 aromatic rings. The van der Waals surface area contributed by atoms with Crippen molar-refractivity contribution < 1.29 is 4.79 Å². The van der Waals surface area contributed by atoms with E-state index in [4.69, 9.17) is 0 Å². The molecule has 0 aromatic carbocycles. The number of rotatable bonds is 8. The monoisotopic (exact) mass is 288 g/mol. The molecule has 0 aliphatic carbocycles. The Morgan fingerprint density at radius 1 is 1.33 bits per heavy atom. The van der Waals surface area contributed by atoms with Gasteiger partial charge in [0.1, 0.15) is 11.5 Å². The molecule has 2 heterocycles. The third kappa shape index (κ3) is 4.87. The van der Waals surface area contributed by atoms with E-state index in [1.807, 2.05) is 12.1 Å². The molecule has 7 nitrogen and oxygen atoms in total. The minimum Gasteiger partial charge on any atom is -0.370 e. The van der Waals surface area contributed by atoms with Crippen molar-refractivity contribution in [2.75, 3.05) is 18.4 Å². The van der Waals surface area contributed by atoms with Gasteiger partial charge in [-0.2, -0.15) is 0 Å². The van der Waals surface area contributed by atoms with Gasteiger partial charge >= 0.3 is 0 Å². The number of carbonyl (C=O) groups is 1. The SMILES string of the molecule is CCCNc1cccc(C(=O)NCCCn2ccnn2)n1. The zero-order valence-electron chi connectivity index (χ0n) is 12.1. The Morgan fingerprint density at radius 3 is 3.00 bits per heavy atom. The van der Waals surface area contributed by atoms with Crippen LogP contribution in [-0.4, -0.2) is 39.0 Å². The normalized spacial score (nSPS) is 10.3. The number of hydrogen-bond acceptors (Lipinski definition) is 5. The van der Waals surface area contributed by atoms with Crippen LogP contribution in [-0.2, 0) is 6.54 Å². The van der Waals surface area contributed by atoms with Crippen molar-refractivity contribution >= 4 is 11.7 Å². The van der Waals surface area contributed by atoms with Crippen molar-refractivity contribution in [3.8, 4) is 0 Å². The average Bonchev–Trinajstić information content (AvgIpc) is 3.03. The molecule has 0 spiro atoms. The number of hydrogen-bond donors (Lipinski definition) is 2. The molecular formula is C14H20N6O. The van der Waals surface area contributed by atoms with Crippen LogP contribution in [0.3, 0.4) is 0 Å². The summed E-state index contributed by atoms with van der Waals surface area (Å²) in [5, 5.41) is 13.6. The second-order valence-corrected chi connectivity index (χ2v) is 4.61. The predicted molar refractivity (Wildman–Crippen MR) is 80.0 cm³/mol. The highest BCUT2D eigenvalue weighted by Crippen LogP contribution is 2.04. The molecule has 0 radical (unpaired) electrons. The number of aryl methyl sites for hydroxylation is 1. The van der Waals surface area contributed by atoms with Gasteiger partial charge in [-0.15, -0.1) is 5.10 Å². The standard InChI is InChI=1S/C14H20N6O/c1-2-7-15-13-6-3-5-12(18-13)14(21)16-8-4-10-20-11-9-17-19-20/h3,5-6,9,11H,2,4,7-8,10H2,1H3,(H,15,18)(H,16,21). The molecule has 7 heteroatoms. The molecule has 21 heavy (non-hydrogen) atoms. The van der Waals surface area contributed by atoms with Crippen LogP contribution < -0.4 is 10.6 Å². The zero-order valence-corrected chi connectivity index (χ0v) is 12.1. The van der Waals surface area contributed by atoms with E-state index in [9.17, 15) is 4.79 Å². The van der Waals surface area contributed by atoms with Gasteiger partial charge in [-0.1, -0.05) is 18.2 Å². The minimum absolute atomic E-state index is 0.159. The van der Waals surface area contributed by atoms with Gasteiger partial charge in [0, 0.05) is 25.8 Å². The van der Waals surface area contributed by atoms with Crippen LogP contribution in [0.2, 0.25) is 0 Å². The highest BCUT2D eigenvalue weighted by Gasteiger charge is 2.07. The average molecular weight is 288 g/mol. The summed E-state index contributed by atoms with van der Waals surface area (Å²) in [4.78, 5) is 16.3. The first-order valence-corrected chi connectivity index (χ1v) is 7.13. The fraction of sp³-hybridized carbons (Fsp3) is 0.429. The summed E-state index contributed by atoms with van der Waals surface area (Å²) >= 11 is 0. The second-order valence-electron chi connectivity index (χ2n) is 4.61. The first-order chi connectivity index (χ1) is 10.3. The van der Waals surface area contributed by atoms with E-state index in [1.165, 1.54) is 0 Å². The molecule has 0 fully saturated rings. The van der Waals surface area contributed by atoms with E-state index >= 15 is 0 Å². The summed E-state index contributed by atoms with van der Waals surface area (Å²) in [5.41, 5.74) is 0.428. The third-order valence-electron chi connectivity index (χ3n) is 2.86. The summed E-state index contributed by atoms with van der Waals surface area (Å²) in [6.45, 7) is 4.23. The molecule has 0 atom stereocenters. The van der Waals surface area contributed by atoms with Crippen LogP contribution in [0.25, 0.3) is 0 Å². The Morgan fingerprint density at radius 2 is 2.24 bits per heavy atom. The lowest BCUT2D eigenvalue weighted by atomic mass is 10.3. The molecule has 0 bridgehead atoms. The Labute approximate surface area is 123 Å². The number of aromatic nitrogens is 4. The molecule has 2 rings (SSSR count). The predicted octanol–water partition coefficient (Wildman–Crippen LogP) is 1.32. The van der Waals surface area contributed by atoms with E-state index in [2.05, 4.69) is 32.9 Å². The van der Waals surface area contributed by atoms with Crippen LogP contribution in [0.4, 0.5) is 5.82 Å². The first kappa shape index (κ1) is 15.0. The highest BCUT2D eigenvalue weighted by molar-refractivity contribution is 5.92. The largest absolute Gasteiger partial charge is 0.370 e. The highest BCUT2D eigenvalue weighted by atomic mass is 16.1. The number of carbonyl (C=O) groups excluding carboxylic acids is 1. The summed E-state index contributed by atoms with van der Waals surface area (Å²) in [6.07, 6.45) is 5.24. The molecular weight excluding hydrogens is 268 g/mol. The fourth-order valence-corrected chi connectivity index (χ4v) is 1.80. The Kier molecular flexibility index (Phi) is 5.69. The smallest absolute Gasteiger partial charge is 0.269 e. The van der Waals surface area contributed by atoms with Gasteiger partial charge in [0.05, 0.1) is 6.20 Å². The molecule has 112 valence electrons. The van der Waals surface area contributed by atoms with Gasteiger partial charge in [0.15, 0.2) is 0 Å². The lowest BCUT2D eigenvalue weighted by molar-refractivity contribution is 0.0947. The summed E-state index contributed by atoms with van der Waals surface area (Å²) in [5.74, 6) is 0.570. The topological polar surface area (TPSA) is 84.7 Å². The van der Waals surface area contributed by atoms with Crippen LogP contribution in [0.5, 0.6) is 0 Å². The van der Waals surface area contributed by atoms with Gasteiger partial charge in [-0.25, -0.2) is 4.98 Å². The number of nitrogens with one attached hydrogen (secondary N) is 2. The second kappa shape index (κ2) is 7.98. The van der Waals surface area contributed by atoms with Crippen LogP contribution in [0.1, 0.15) is 30.3 Å². The number of anilines is 1. The van der Waals surface area contributed by atoms with Crippen molar-refractivity contribution in [3.05, 3.63) is 36.3 Å². The Bertz CT molecular complexity index is 554. The molecule has 2 aromatic heterocycles. The fourth-order valence-electron chi connectivity index (χ4n) is 1.80. The Hall–Kier alpha value is -2.44. The van der Waals surface area contributed by atoms with Crippen molar-refractivity contribution in [1.29, 1.82) is 0 Å². The molecule has 0 saturated heterocycles. The van der Waals surface area contributed by atoms with E-state index in [1.54, 1.807) is 23.1 Å². The molecule has 0 aliphatic rings. The van der Waals surface area contributed by atoms with Gasteiger partial charge in [-0.3, -0.25) is 9.48 Å². The van der Waals surface area contributed by atoms with E-state index in [0.717, 1.165) is 31.7 Å². The van der Waals surface area contributed by atoms with Crippen molar-refractivity contribution in [3.63, 3.8) is 0 Å². The van der Waals surface area contributed by atoms with Crippen molar-refractivity contribution in [2.24, 2.45) is 0 Å². The number of nitrogens with zero attached hydrogens (tertiary/aromatic N) is 4. The van der Waals surface area contributed by atoms with Crippen LogP contribution in [0, 0.1) is 0 Å². The minimum atomic E-state index is -0.159. The van der Waals surface area contributed by atoms with Crippen LogP contribution >= 0.6 is 0 Å². The van der Waals surface area contributed by atoms with E-state index < -0.39 is 0 Å². The molecule has 1 amide bonds. The summed E-state index contributed by atoms with van der Waals surface area (Å²) in [7, 11) is 0. The lowest BCUT2D eigenvalue weighted by Crippen LogP contribution is -2.26. The molecule has 0 unspecified atom stereocenters. The van der Waals surface area contributed by atoms with E-state index in [-0.39, 0.29) is 5.91 Å². The number of pyridine rings is 1.